The van der Waals surface area contributed by atoms with E-state index in [0.717, 1.165) is 5.56 Å². The lowest BCUT2D eigenvalue weighted by molar-refractivity contribution is 0.477. The second kappa shape index (κ2) is 5.01. The van der Waals surface area contributed by atoms with Crippen molar-refractivity contribution in [1.29, 1.82) is 5.26 Å². The first-order valence-corrected chi connectivity index (χ1v) is 5.22. The van der Waals surface area contributed by atoms with Crippen LogP contribution in [-0.4, -0.2) is 15.1 Å². The molecule has 4 N–H and O–H groups in total. The molecule has 0 radical (unpaired) electrons. The van der Waals surface area contributed by atoms with Gasteiger partial charge in [0.2, 0.25) is 5.95 Å². The molecule has 1 aromatic carbocycles. The lowest BCUT2D eigenvalue weighted by Gasteiger charge is -2.06. The van der Waals surface area contributed by atoms with Gasteiger partial charge in [-0.25, -0.2) is 9.97 Å². The molecule has 6 nitrogen and oxygen atoms in total. The van der Waals surface area contributed by atoms with Crippen LogP contribution in [0.3, 0.4) is 0 Å². The second-order valence-electron chi connectivity index (χ2n) is 3.65. The molecule has 1 aromatic heterocycles. The molecule has 0 aliphatic rings. The van der Waals surface area contributed by atoms with Crippen molar-refractivity contribution in [3.8, 4) is 11.8 Å². The number of nitriles is 1. The van der Waals surface area contributed by atoms with Crippen LogP contribution in [0, 0.1) is 11.3 Å². The summed E-state index contributed by atoms with van der Waals surface area (Å²) in [7, 11) is 0. The molecule has 90 valence electrons. The van der Waals surface area contributed by atoms with Gasteiger partial charge in [0.15, 0.2) is 0 Å². The van der Waals surface area contributed by atoms with Gasteiger partial charge in [-0.2, -0.15) is 5.26 Å². The topological polar surface area (TPSA) is 108 Å². The van der Waals surface area contributed by atoms with Gasteiger partial charge in [0.05, 0.1) is 23.6 Å². The average Bonchev–Trinajstić information content (AvgIpc) is 2.41. The van der Waals surface area contributed by atoms with Crippen molar-refractivity contribution in [1.82, 2.24) is 9.97 Å². The molecule has 0 bridgehead atoms. The van der Waals surface area contributed by atoms with E-state index in [0.29, 0.717) is 23.7 Å². The molecule has 0 amide bonds. The molecule has 0 spiro atoms. The number of nitrogens with one attached hydrogen (secondary N) is 1. The van der Waals surface area contributed by atoms with Gasteiger partial charge in [0.1, 0.15) is 11.8 Å². The highest BCUT2D eigenvalue weighted by Gasteiger charge is 2.00. The molecule has 0 saturated heterocycles. The molecule has 0 aliphatic carbocycles. The van der Waals surface area contributed by atoms with Gasteiger partial charge >= 0.3 is 0 Å². The molecular formula is C12H11N5O. The van der Waals surface area contributed by atoms with Crippen LogP contribution in [0.15, 0.2) is 30.6 Å². The predicted octanol–water partition coefficient (Wildman–Crippen LogP) is 1.25. The van der Waals surface area contributed by atoms with Crippen molar-refractivity contribution in [3.63, 3.8) is 0 Å². The van der Waals surface area contributed by atoms with Crippen LogP contribution < -0.4 is 11.1 Å². The highest BCUT2D eigenvalue weighted by Crippen LogP contribution is 2.20. The highest BCUT2D eigenvalue weighted by atomic mass is 16.3. The van der Waals surface area contributed by atoms with Gasteiger partial charge in [-0.15, -0.1) is 0 Å². The number of nitrogens with two attached hydrogens (primary N) is 1. The SMILES string of the molecule is N#Cc1cnc(NCc2ccc(N)c(O)c2)nc1. The van der Waals surface area contributed by atoms with Crippen LogP contribution >= 0.6 is 0 Å². The summed E-state index contributed by atoms with van der Waals surface area (Å²) < 4.78 is 0. The van der Waals surface area contributed by atoms with Crippen LogP contribution in [0.25, 0.3) is 0 Å². The molecule has 1 heterocycles. The Morgan fingerprint density at radius 3 is 2.67 bits per heavy atom. The van der Waals surface area contributed by atoms with Crippen LogP contribution in [0.4, 0.5) is 11.6 Å². The maximum atomic E-state index is 9.45. The van der Waals surface area contributed by atoms with E-state index in [-0.39, 0.29) is 5.75 Å². The number of hydrogen-bond donors (Lipinski definition) is 3. The van der Waals surface area contributed by atoms with Crippen LogP contribution in [0.5, 0.6) is 5.75 Å². The molecule has 0 saturated carbocycles. The van der Waals surface area contributed by atoms with E-state index in [4.69, 9.17) is 11.0 Å². The second-order valence-corrected chi connectivity index (χ2v) is 3.65. The van der Waals surface area contributed by atoms with Crippen LogP contribution in [0.1, 0.15) is 11.1 Å². The minimum atomic E-state index is 0.0510. The smallest absolute Gasteiger partial charge is 0.222 e. The van der Waals surface area contributed by atoms with Crippen LogP contribution in [-0.2, 0) is 6.54 Å². The van der Waals surface area contributed by atoms with E-state index in [2.05, 4.69) is 15.3 Å². The summed E-state index contributed by atoms with van der Waals surface area (Å²) in [5, 5.41) is 21.0. The lowest BCUT2D eigenvalue weighted by Crippen LogP contribution is -2.03. The minimum absolute atomic E-state index is 0.0510. The Kier molecular flexibility index (Phi) is 3.25. The molecule has 2 aromatic rings. The highest BCUT2D eigenvalue weighted by molar-refractivity contribution is 5.53. The summed E-state index contributed by atoms with van der Waals surface area (Å²) in [4.78, 5) is 7.95. The molecule has 0 fully saturated rings. The van der Waals surface area contributed by atoms with Crippen molar-refractivity contribution in [2.45, 2.75) is 6.54 Å². The number of rotatable bonds is 3. The molecule has 0 atom stereocenters. The zero-order valence-corrected chi connectivity index (χ0v) is 9.46. The van der Waals surface area contributed by atoms with Gasteiger partial charge in [0, 0.05) is 6.54 Å². The monoisotopic (exact) mass is 241 g/mol. The maximum Gasteiger partial charge on any atom is 0.222 e. The summed E-state index contributed by atoms with van der Waals surface area (Å²) >= 11 is 0. The fourth-order valence-corrected chi connectivity index (χ4v) is 1.36. The number of benzene rings is 1. The van der Waals surface area contributed by atoms with Gasteiger partial charge in [0.25, 0.3) is 0 Å². The van der Waals surface area contributed by atoms with E-state index in [1.807, 2.05) is 6.07 Å². The Balaban J connectivity index is 2.02. The van der Waals surface area contributed by atoms with Gasteiger partial charge in [-0.1, -0.05) is 6.07 Å². The van der Waals surface area contributed by atoms with Crippen molar-refractivity contribution in [2.24, 2.45) is 0 Å². The number of nitrogen functional groups attached to an aromatic ring is 1. The van der Waals surface area contributed by atoms with Gasteiger partial charge in [-0.05, 0) is 17.7 Å². The van der Waals surface area contributed by atoms with Crippen molar-refractivity contribution in [3.05, 3.63) is 41.7 Å². The number of aromatic hydroxyl groups is 1. The first kappa shape index (κ1) is 11.7. The summed E-state index contributed by atoms with van der Waals surface area (Å²) in [6.07, 6.45) is 2.88. The summed E-state index contributed by atoms with van der Waals surface area (Å²) in [5.41, 5.74) is 7.11. The molecular weight excluding hydrogens is 230 g/mol. The van der Waals surface area contributed by atoms with E-state index in [9.17, 15) is 5.11 Å². The Morgan fingerprint density at radius 2 is 2.06 bits per heavy atom. The Hall–Kier alpha value is -2.81. The Morgan fingerprint density at radius 1 is 1.33 bits per heavy atom. The fourth-order valence-electron chi connectivity index (χ4n) is 1.36. The lowest BCUT2D eigenvalue weighted by atomic mass is 10.2. The normalized spacial score (nSPS) is 9.72. The summed E-state index contributed by atoms with van der Waals surface area (Å²) in [6.45, 7) is 0.458. The van der Waals surface area contributed by atoms with Gasteiger partial charge < -0.3 is 16.2 Å². The predicted molar refractivity (Wildman–Crippen MR) is 66.6 cm³/mol. The zero-order chi connectivity index (χ0) is 13.0. The molecule has 0 unspecified atom stereocenters. The maximum absolute atomic E-state index is 9.45. The number of phenolic OH excluding ortho intramolecular Hbond substituents is 1. The van der Waals surface area contributed by atoms with Crippen LogP contribution in [0.2, 0.25) is 0 Å². The van der Waals surface area contributed by atoms with Crippen molar-refractivity contribution in [2.75, 3.05) is 11.1 Å². The summed E-state index contributed by atoms with van der Waals surface area (Å²) in [6, 6.07) is 6.95. The van der Waals surface area contributed by atoms with E-state index in [1.54, 1.807) is 18.2 Å². The molecule has 6 heteroatoms. The number of hydrogen-bond acceptors (Lipinski definition) is 6. The third-order valence-electron chi connectivity index (χ3n) is 2.33. The minimum Gasteiger partial charge on any atom is -0.506 e. The quantitative estimate of drug-likeness (QED) is 0.551. The van der Waals surface area contributed by atoms with E-state index >= 15 is 0 Å². The third kappa shape index (κ3) is 2.65. The van der Waals surface area contributed by atoms with E-state index in [1.165, 1.54) is 12.4 Å². The van der Waals surface area contributed by atoms with Crippen molar-refractivity contribution >= 4 is 11.6 Å². The Labute approximate surface area is 104 Å². The third-order valence-corrected chi connectivity index (χ3v) is 2.33. The largest absolute Gasteiger partial charge is 0.506 e. The average molecular weight is 241 g/mol. The van der Waals surface area contributed by atoms with Crippen molar-refractivity contribution < 1.29 is 5.11 Å². The number of aromatic nitrogens is 2. The first-order valence-electron chi connectivity index (χ1n) is 5.22. The molecule has 0 aliphatic heterocycles. The Bertz CT molecular complexity index is 588. The fraction of sp³-hybridized carbons (Fsp3) is 0.0833. The summed E-state index contributed by atoms with van der Waals surface area (Å²) in [5.74, 6) is 0.473. The zero-order valence-electron chi connectivity index (χ0n) is 9.46. The first-order chi connectivity index (χ1) is 8.69. The molecule has 18 heavy (non-hydrogen) atoms. The number of phenols is 1. The number of anilines is 2. The standard InChI is InChI=1S/C12H11N5O/c13-4-9-6-16-12(17-7-9)15-5-8-1-2-10(14)11(18)3-8/h1-3,6-7,18H,5,14H2,(H,15,16,17). The van der Waals surface area contributed by atoms with E-state index < -0.39 is 0 Å². The molecule has 2 rings (SSSR count). The van der Waals surface area contributed by atoms with Gasteiger partial charge in [-0.3, -0.25) is 0 Å². The number of nitrogens with zero attached hydrogens (tertiary/aromatic N) is 3.